The lowest BCUT2D eigenvalue weighted by Gasteiger charge is -2.19. The Bertz CT molecular complexity index is 162. The van der Waals surface area contributed by atoms with E-state index in [0.29, 0.717) is 0 Å². The van der Waals surface area contributed by atoms with Crippen molar-refractivity contribution in [3.05, 3.63) is 0 Å². The summed E-state index contributed by atoms with van der Waals surface area (Å²) in [5.41, 5.74) is 5.46. The Balaban J connectivity index is 3.09. The molecule has 0 aromatic carbocycles. The van der Waals surface area contributed by atoms with Crippen molar-refractivity contribution in [1.29, 1.82) is 0 Å². The van der Waals surface area contributed by atoms with Crippen LogP contribution in [0.15, 0.2) is 0 Å². The zero-order valence-corrected chi connectivity index (χ0v) is 13.3. The van der Waals surface area contributed by atoms with Gasteiger partial charge in [-0.15, -0.1) is 0 Å². The molecule has 0 rings (SSSR count). The molecule has 104 valence electrons. The van der Waals surface area contributed by atoms with E-state index >= 15 is 0 Å². The van der Waals surface area contributed by atoms with E-state index in [1.807, 2.05) is 7.11 Å². The van der Waals surface area contributed by atoms with Gasteiger partial charge >= 0.3 is 0 Å². The Kier molecular flexibility index (Phi) is 11.3. The summed E-state index contributed by atoms with van der Waals surface area (Å²) in [5, 5.41) is 0. The maximum Gasteiger partial charge on any atom is 0.186 e. The zero-order chi connectivity index (χ0) is 13.0. The first-order valence-electron chi connectivity index (χ1n) is 7.37. The summed E-state index contributed by atoms with van der Waals surface area (Å²) >= 11 is 0. The van der Waals surface area contributed by atoms with E-state index in [1.54, 1.807) is 0 Å². The van der Waals surface area contributed by atoms with Crippen LogP contribution in [-0.4, -0.2) is 22.0 Å². The maximum atomic E-state index is 5.55. The summed E-state index contributed by atoms with van der Waals surface area (Å²) in [7, 11) is 0.589. The fraction of sp³-hybridized carbons (Fsp3) is 1.00. The summed E-state index contributed by atoms with van der Waals surface area (Å²) in [6, 6.07) is 1.32. The Labute approximate surface area is 109 Å². The average Bonchev–Trinajstić information content (AvgIpc) is 2.31. The lowest BCUT2D eigenvalue weighted by atomic mass is 10.1. The lowest BCUT2D eigenvalue weighted by molar-refractivity contribution is 0.400. The molecule has 0 aliphatic rings. The van der Waals surface area contributed by atoms with Crippen LogP contribution in [0.25, 0.3) is 0 Å². The molecule has 0 unspecified atom stereocenters. The van der Waals surface area contributed by atoms with Crippen molar-refractivity contribution in [3.8, 4) is 0 Å². The van der Waals surface area contributed by atoms with E-state index in [1.165, 1.54) is 63.8 Å². The van der Waals surface area contributed by atoms with Gasteiger partial charge in [-0.2, -0.15) is 0 Å². The zero-order valence-electron chi connectivity index (χ0n) is 12.3. The van der Waals surface area contributed by atoms with Crippen LogP contribution in [0.2, 0.25) is 19.1 Å². The van der Waals surface area contributed by atoms with Gasteiger partial charge in [-0.1, -0.05) is 51.4 Å². The van der Waals surface area contributed by atoms with Gasteiger partial charge in [-0.3, -0.25) is 0 Å². The van der Waals surface area contributed by atoms with Gasteiger partial charge in [-0.25, -0.2) is 0 Å². The van der Waals surface area contributed by atoms with Gasteiger partial charge in [0.05, 0.1) is 0 Å². The van der Waals surface area contributed by atoms with Gasteiger partial charge in [0, 0.05) is 7.11 Å². The van der Waals surface area contributed by atoms with Crippen LogP contribution in [0.3, 0.4) is 0 Å². The molecule has 0 saturated carbocycles. The van der Waals surface area contributed by atoms with Crippen LogP contribution in [0, 0.1) is 0 Å². The van der Waals surface area contributed by atoms with Crippen LogP contribution < -0.4 is 5.73 Å². The van der Waals surface area contributed by atoms with Crippen molar-refractivity contribution in [3.63, 3.8) is 0 Å². The number of nitrogens with two attached hydrogens (primary N) is 1. The van der Waals surface area contributed by atoms with Gasteiger partial charge in [-0.05, 0) is 32.1 Å². The molecule has 0 fully saturated rings. The highest BCUT2D eigenvalue weighted by Gasteiger charge is 2.18. The highest BCUT2D eigenvalue weighted by molar-refractivity contribution is 6.71. The Morgan fingerprint density at radius 1 is 0.765 bits per heavy atom. The average molecular weight is 260 g/mol. The largest absolute Gasteiger partial charge is 0.420 e. The number of hydrogen-bond donors (Lipinski definition) is 1. The highest BCUT2D eigenvalue weighted by atomic mass is 28.4. The molecule has 0 spiro atoms. The molecule has 0 bridgehead atoms. The van der Waals surface area contributed by atoms with Crippen molar-refractivity contribution < 1.29 is 4.43 Å². The number of hydrogen-bond acceptors (Lipinski definition) is 2. The summed E-state index contributed by atoms with van der Waals surface area (Å²) in [6.07, 6.45) is 12.3. The van der Waals surface area contributed by atoms with Crippen LogP contribution >= 0.6 is 0 Å². The standard InChI is InChI=1S/C14H33NOSi/c1-16-17(2,3)14-12-10-8-6-4-5-7-9-11-13-15/h4-15H2,1-3H3. The third kappa shape index (κ3) is 12.4. The first kappa shape index (κ1) is 17.1. The summed E-state index contributed by atoms with van der Waals surface area (Å²) in [4.78, 5) is 0. The molecule has 17 heavy (non-hydrogen) atoms. The van der Waals surface area contributed by atoms with Gasteiger partial charge in [0.1, 0.15) is 0 Å². The molecule has 0 aromatic rings. The summed E-state index contributed by atoms with van der Waals surface area (Å²) in [5.74, 6) is 0. The van der Waals surface area contributed by atoms with Crippen molar-refractivity contribution in [2.75, 3.05) is 13.7 Å². The second-order valence-corrected chi connectivity index (χ2v) is 10.1. The molecule has 2 nitrogen and oxygen atoms in total. The minimum Gasteiger partial charge on any atom is -0.420 e. The molecule has 0 saturated heterocycles. The smallest absolute Gasteiger partial charge is 0.186 e. The number of unbranched alkanes of at least 4 members (excludes halogenated alkanes) is 8. The van der Waals surface area contributed by atoms with Crippen molar-refractivity contribution in [1.82, 2.24) is 0 Å². The Morgan fingerprint density at radius 3 is 1.59 bits per heavy atom. The maximum absolute atomic E-state index is 5.55. The van der Waals surface area contributed by atoms with Gasteiger partial charge in [0.2, 0.25) is 0 Å². The van der Waals surface area contributed by atoms with Crippen LogP contribution in [0.4, 0.5) is 0 Å². The van der Waals surface area contributed by atoms with Crippen molar-refractivity contribution in [2.45, 2.75) is 76.9 Å². The molecule has 0 heterocycles. The van der Waals surface area contributed by atoms with Crippen LogP contribution in [-0.2, 0) is 4.43 Å². The normalized spacial score (nSPS) is 12.0. The number of rotatable bonds is 12. The summed E-state index contributed by atoms with van der Waals surface area (Å²) < 4.78 is 5.55. The minimum absolute atomic E-state index is 0.860. The molecular weight excluding hydrogens is 226 g/mol. The van der Waals surface area contributed by atoms with Crippen molar-refractivity contribution >= 4 is 8.32 Å². The molecule has 3 heteroatoms. The fourth-order valence-electron chi connectivity index (χ4n) is 2.03. The van der Waals surface area contributed by atoms with E-state index in [-0.39, 0.29) is 0 Å². The van der Waals surface area contributed by atoms with Gasteiger partial charge < -0.3 is 10.2 Å². The predicted octanol–water partition coefficient (Wildman–Crippen LogP) is 4.31. The first-order chi connectivity index (χ1) is 8.12. The topological polar surface area (TPSA) is 35.2 Å². The van der Waals surface area contributed by atoms with E-state index in [2.05, 4.69) is 13.1 Å². The van der Waals surface area contributed by atoms with Gasteiger partial charge in [0.15, 0.2) is 8.32 Å². The van der Waals surface area contributed by atoms with E-state index in [4.69, 9.17) is 10.2 Å². The quantitative estimate of drug-likeness (QED) is 0.419. The lowest BCUT2D eigenvalue weighted by Crippen LogP contribution is -2.27. The predicted molar refractivity (Wildman–Crippen MR) is 79.9 cm³/mol. The molecule has 0 aromatic heterocycles. The second kappa shape index (κ2) is 11.2. The molecule has 0 atom stereocenters. The van der Waals surface area contributed by atoms with Crippen LogP contribution in [0.5, 0.6) is 0 Å². The Morgan fingerprint density at radius 2 is 1.18 bits per heavy atom. The third-order valence-corrected chi connectivity index (χ3v) is 6.20. The van der Waals surface area contributed by atoms with E-state index in [9.17, 15) is 0 Å². The molecular formula is C14H33NOSi. The third-order valence-electron chi connectivity index (χ3n) is 3.54. The molecule has 2 N–H and O–H groups in total. The molecule has 0 aliphatic heterocycles. The van der Waals surface area contributed by atoms with Gasteiger partial charge in [0.25, 0.3) is 0 Å². The minimum atomic E-state index is -1.28. The van der Waals surface area contributed by atoms with E-state index < -0.39 is 8.32 Å². The molecule has 0 aliphatic carbocycles. The van der Waals surface area contributed by atoms with E-state index in [0.717, 1.165) is 6.54 Å². The molecule has 0 amide bonds. The van der Waals surface area contributed by atoms with Crippen molar-refractivity contribution in [2.24, 2.45) is 5.73 Å². The highest BCUT2D eigenvalue weighted by Crippen LogP contribution is 2.16. The monoisotopic (exact) mass is 259 g/mol. The Hall–Kier alpha value is 0.137. The first-order valence-corrected chi connectivity index (χ1v) is 10.5. The summed E-state index contributed by atoms with van der Waals surface area (Å²) in [6.45, 7) is 5.48. The second-order valence-electron chi connectivity index (χ2n) is 5.68. The molecule has 0 radical (unpaired) electrons. The van der Waals surface area contributed by atoms with Crippen LogP contribution in [0.1, 0.15) is 57.8 Å². The fourth-order valence-corrected chi connectivity index (χ4v) is 3.34. The SMILES string of the molecule is CO[Si](C)(C)CCCCCCCCCCCN.